The van der Waals surface area contributed by atoms with E-state index in [9.17, 15) is 0 Å². The lowest BCUT2D eigenvalue weighted by Gasteiger charge is -1.95. The molecule has 0 bridgehead atoms. The summed E-state index contributed by atoms with van der Waals surface area (Å²) in [6.07, 6.45) is 0. The topological polar surface area (TPSA) is 47.5 Å². The third kappa shape index (κ3) is 1.81. The zero-order valence-electron chi connectivity index (χ0n) is 6.52. The fraction of sp³-hybridized carbons (Fsp3) is 1.00. The number of rotatable bonds is 0. The van der Waals surface area contributed by atoms with E-state index in [4.69, 9.17) is 4.74 Å². The minimum Gasteiger partial charge on any atom is -0.364 e. The van der Waals surface area contributed by atoms with E-state index >= 15 is 0 Å². The van der Waals surface area contributed by atoms with Gasteiger partial charge in [-0.2, -0.15) is 0 Å². The Morgan fingerprint density at radius 3 is 1.00 bits per heavy atom. The van der Waals surface area contributed by atoms with Gasteiger partial charge >= 0.3 is 0 Å². The lowest BCUT2D eigenvalue weighted by atomic mass is 10.0. The highest BCUT2D eigenvalue weighted by Crippen LogP contribution is 2.46. The predicted octanol–water partition coefficient (Wildman–Crippen LogP) is 2.16. The van der Waals surface area contributed by atoms with E-state index in [0.29, 0.717) is 0 Å². The molecule has 0 atom stereocenters. The molecule has 0 unspecified atom stereocenters. The maximum atomic E-state index is 5.29. The molecule has 0 aromatic carbocycles. The van der Waals surface area contributed by atoms with Gasteiger partial charge in [0.2, 0.25) is 0 Å². The zero-order chi connectivity index (χ0) is 5.71. The molecular weight excluding hydrogens is 138 g/mol. The zero-order valence-corrected chi connectivity index (χ0v) is 7.34. The smallest absolute Gasteiger partial charge is 0.0918 e. The summed E-state index contributed by atoms with van der Waals surface area (Å²) in [5.74, 6) is 0. The van der Waals surface area contributed by atoms with Gasteiger partial charge in [-0.25, -0.2) is 0 Å². The Hall–Kier alpha value is 0.210. The van der Waals surface area contributed by atoms with Crippen molar-refractivity contribution in [3.63, 3.8) is 0 Å². The molecule has 58 valence electrons. The summed E-state index contributed by atoms with van der Waals surface area (Å²) in [6.45, 7) is 8.42. The Morgan fingerprint density at radius 1 is 0.889 bits per heavy atom. The first-order valence-electron chi connectivity index (χ1n) is 2.66. The van der Waals surface area contributed by atoms with Gasteiger partial charge in [0.15, 0.2) is 0 Å². The first-order chi connectivity index (χ1) is 2.96. The Kier molecular flexibility index (Phi) is 3.25. The maximum Gasteiger partial charge on any atom is 0.0918 e. The fourth-order valence-electron chi connectivity index (χ4n) is 0.612. The van der Waals surface area contributed by atoms with Crippen LogP contribution in [0, 0.1) is 0 Å². The van der Waals surface area contributed by atoms with Crippen LogP contribution in [-0.2, 0) is 4.74 Å². The van der Waals surface area contributed by atoms with Crippen LogP contribution in [0.3, 0.4) is 0 Å². The van der Waals surface area contributed by atoms with E-state index in [1.165, 1.54) is 0 Å². The number of hydrogen-bond acceptors (Lipinski definition) is 2. The molecular formula is C6H16ClNO. The monoisotopic (exact) mass is 153 g/mol. The van der Waals surface area contributed by atoms with Gasteiger partial charge < -0.3 is 10.9 Å². The molecule has 1 heterocycles. The van der Waals surface area contributed by atoms with Crippen molar-refractivity contribution in [2.45, 2.75) is 38.9 Å². The molecule has 1 aliphatic rings. The van der Waals surface area contributed by atoms with E-state index in [0.717, 1.165) is 0 Å². The molecule has 1 fully saturated rings. The number of ether oxygens (including phenoxy) is 1. The van der Waals surface area contributed by atoms with Crippen LogP contribution in [0.1, 0.15) is 27.7 Å². The Bertz CT molecular complexity index is 89.2. The van der Waals surface area contributed by atoms with Crippen LogP contribution in [-0.4, -0.2) is 11.2 Å². The molecule has 1 aliphatic heterocycles. The summed E-state index contributed by atoms with van der Waals surface area (Å²) >= 11 is 0. The molecule has 3 heteroatoms. The molecule has 9 heavy (non-hydrogen) atoms. The molecule has 2 nitrogen and oxygen atoms in total. The average molecular weight is 154 g/mol. The van der Waals surface area contributed by atoms with Gasteiger partial charge in [-0.3, -0.25) is 0 Å². The van der Waals surface area contributed by atoms with Gasteiger partial charge in [-0.05, 0) is 27.7 Å². The summed E-state index contributed by atoms with van der Waals surface area (Å²) in [4.78, 5) is 0. The summed E-state index contributed by atoms with van der Waals surface area (Å²) in [5.41, 5.74) is 0.292. The molecule has 1 rings (SSSR count). The lowest BCUT2D eigenvalue weighted by Crippen LogP contribution is -2.10. The standard InChI is InChI=1S/C6H12O.ClH.H3N/c1-5(2)6(3,4)7-5;;/h1-4H3;1H;1H3. The summed E-state index contributed by atoms with van der Waals surface area (Å²) < 4.78 is 5.29. The molecule has 0 amide bonds. The summed E-state index contributed by atoms with van der Waals surface area (Å²) in [6, 6.07) is 0. The molecule has 0 aromatic heterocycles. The van der Waals surface area contributed by atoms with Gasteiger partial charge in [-0.15, -0.1) is 12.4 Å². The number of halogens is 1. The first-order valence-corrected chi connectivity index (χ1v) is 2.66. The second kappa shape index (κ2) is 2.45. The highest BCUT2D eigenvalue weighted by molar-refractivity contribution is 5.85. The predicted molar refractivity (Wildman–Crippen MR) is 41.5 cm³/mol. The van der Waals surface area contributed by atoms with Crippen molar-refractivity contribution in [1.29, 1.82) is 0 Å². The minimum atomic E-state index is 0. The molecule has 0 spiro atoms. The van der Waals surface area contributed by atoms with Crippen LogP contribution in [0.4, 0.5) is 0 Å². The number of epoxide rings is 1. The number of hydrogen-bond donors (Lipinski definition) is 1. The van der Waals surface area contributed by atoms with Crippen LogP contribution >= 0.6 is 12.4 Å². The van der Waals surface area contributed by atoms with Gasteiger partial charge in [0.25, 0.3) is 0 Å². The second-order valence-electron chi connectivity index (χ2n) is 3.12. The van der Waals surface area contributed by atoms with Crippen molar-refractivity contribution < 1.29 is 4.74 Å². The van der Waals surface area contributed by atoms with Gasteiger partial charge in [0.1, 0.15) is 0 Å². The van der Waals surface area contributed by atoms with Gasteiger partial charge in [0, 0.05) is 0 Å². The van der Waals surface area contributed by atoms with Gasteiger partial charge in [0.05, 0.1) is 11.2 Å². The van der Waals surface area contributed by atoms with E-state index in [-0.39, 0.29) is 29.8 Å². The Balaban J connectivity index is 0. The fourth-order valence-corrected chi connectivity index (χ4v) is 0.612. The largest absolute Gasteiger partial charge is 0.364 e. The summed E-state index contributed by atoms with van der Waals surface area (Å²) in [7, 11) is 0. The van der Waals surface area contributed by atoms with Crippen molar-refractivity contribution in [1.82, 2.24) is 6.15 Å². The normalized spacial score (nSPS) is 25.3. The SMILES string of the molecule is CC1(C)OC1(C)C.Cl.N. The quantitative estimate of drug-likeness (QED) is 0.543. The van der Waals surface area contributed by atoms with Crippen LogP contribution in [0.15, 0.2) is 0 Å². The van der Waals surface area contributed by atoms with Crippen LogP contribution < -0.4 is 6.15 Å². The van der Waals surface area contributed by atoms with Crippen molar-refractivity contribution in [2.75, 3.05) is 0 Å². The third-order valence-electron chi connectivity index (χ3n) is 1.92. The highest BCUT2D eigenvalue weighted by atomic mass is 35.5. The Morgan fingerprint density at radius 2 is 1.00 bits per heavy atom. The third-order valence-corrected chi connectivity index (χ3v) is 1.92. The summed E-state index contributed by atoms with van der Waals surface area (Å²) in [5, 5.41) is 0. The molecule has 0 aromatic rings. The van der Waals surface area contributed by atoms with Crippen molar-refractivity contribution in [3.05, 3.63) is 0 Å². The van der Waals surface area contributed by atoms with Crippen molar-refractivity contribution in [3.8, 4) is 0 Å². The van der Waals surface area contributed by atoms with E-state index in [1.54, 1.807) is 0 Å². The first kappa shape index (κ1) is 11.9. The molecule has 0 aliphatic carbocycles. The average Bonchev–Trinajstić information content (AvgIpc) is 1.63. The van der Waals surface area contributed by atoms with E-state index in [2.05, 4.69) is 27.7 Å². The van der Waals surface area contributed by atoms with Crippen LogP contribution in [0.2, 0.25) is 0 Å². The lowest BCUT2D eigenvalue weighted by molar-refractivity contribution is 0.296. The molecule has 0 saturated carbocycles. The second-order valence-corrected chi connectivity index (χ2v) is 3.12. The molecule has 0 radical (unpaired) electrons. The minimum absolute atomic E-state index is 0. The highest BCUT2D eigenvalue weighted by Gasteiger charge is 2.55. The molecule has 3 N–H and O–H groups in total. The van der Waals surface area contributed by atoms with Crippen LogP contribution in [0.5, 0.6) is 0 Å². The van der Waals surface area contributed by atoms with E-state index < -0.39 is 0 Å². The van der Waals surface area contributed by atoms with Crippen LogP contribution in [0.25, 0.3) is 0 Å². The maximum absolute atomic E-state index is 5.29. The van der Waals surface area contributed by atoms with Crippen molar-refractivity contribution >= 4 is 12.4 Å². The van der Waals surface area contributed by atoms with Crippen molar-refractivity contribution in [2.24, 2.45) is 0 Å². The van der Waals surface area contributed by atoms with Gasteiger partial charge in [-0.1, -0.05) is 0 Å². The Labute approximate surface area is 63.0 Å². The molecule has 1 saturated heterocycles. The van der Waals surface area contributed by atoms with E-state index in [1.807, 2.05) is 0 Å².